The number of hydrogen-bond acceptors (Lipinski definition) is 1. The summed E-state index contributed by atoms with van der Waals surface area (Å²) in [4.78, 5) is 0. The molecule has 0 heterocycles. The topological polar surface area (TPSA) is 20.2 Å². The molecular weight excluding hydrogens is 184 g/mol. The zero-order valence-electron chi connectivity index (χ0n) is 9.61. The SMILES string of the molecule is CCCC/C=C/[C@H](O)c1ccc(C)cc1. The molecule has 0 aromatic heterocycles. The lowest BCUT2D eigenvalue weighted by atomic mass is 10.1. The standard InChI is InChI=1S/C14H20O/c1-3-4-5-6-7-14(15)13-10-8-12(2)9-11-13/h6-11,14-15H,3-5H2,1-2H3/b7-6+/t14-/m0/s1. The molecule has 0 unspecified atom stereocenters. The molecule has 0 spiro atoms. The van der Waals surface area contributed by atoms with Crippen LogP contribution in [0.5, 0.6) is 0 Å². The first-order valence-corrected chi connectivity index (χ1v) is 5.65. The molecule has 0 aliphatic heterocycles. The third kappa shape index (κ3) is 4.30. The average Bonchev–Trinajstić information content (AvgIpc) is 2.25. The van der Waals surface area contributed by atoms with Crippen LogP contribution in [0.4, 0.5) is 0 Å². The van der Waals surface area contributed by atoms with Gasteiger partial charge < -0.3 is 5.11 Å². The van der Waals surface area contributed by atoms with Crippen molar-refractivity contribution in [3.05, 3.63) is 47.5 Å². The fourth-order valence-electron chi connectivity index (χ4n) is 1.42. The van der Waals surface area contributed by atoms with Crippen molar-refractivity contribution in [2.75, 3.05) is 0 Å². The normalized spacial score (nSPS) is 13.3. The lowest BCUT2D eigenvalue weighted by Gasteiger charge is -2.05. The molecule has 1 aromatic rings. The Labute approximate surface area is 92.5 Å². The van der Waals surface area contributed by atoms with E-state index >= 15 is 0 Å². The largest absolute Gasteiger partial charge is 0.384 e. The predicted molar refractivity (Wildman–Crippen MR) is 64.8 cm³/mol. The maximum absolute atomic E-state index is 9.82. The van der Waals surface area contributed by atoms with Crippen LogP contribution in [0.2, 0.25) is 0 Å². The molecule has 1 N–H and O–H groups in total. The highest BCUT2D eigenvalue weighted by atomic mass is 16.3. The Morgan fingerprint density at radius 1 is 1.27 bits per heavy atom. The molecule has 0 radical (unpaired) electrons. The molecule has 0 fully saturated rings. The second kappa shape index (κ2) is 6.41. The maximum Gasteiger partial charge on any atom is 0.0971 e. The van der Waals surface area contributed by atoms with Crippen molar-refractivity contribution in [3.8, 4) is 0 Å². The number of hydrogen-bond donors (Lipinski definition) is 1. The van der Waals surface area contributed by atoms with E-state index in [-0.39, 0.29) is 0 Å². The molecule has 1 atom stereocenters. The van der Waals surface area contributed by atoms with E-state index < -0.39 is 6.10 Å². The van der Waals surface area contributed by atoms with Gasteiger partial charge in [0.15, 0.2) is 0 Å². The van der Waals surface area contributed by atoms with Gasteiger partial charge in [0.1, 0.15) is 0 Å². The molecule has 15 heavy (non-hydrogen) atoms. The van der Waals surface area contributed by atoms with Crippen LogP contribution in [0.1, 0.15) is 43.4 Å². The van der Waals surface area contributed by atoms with Crippen LogP contribution >= 0.6 is 0 Å². The van der Waals surface area contributed by atoms with Crippen LogP contribution in [0, 0.1) is 6.92 Å². The van der Waals surface area contributed by atoms with Crippen molar-refractivity contribution in [2.45, 2.75) is 39.2 Å². The molecule has 0 bridgehead atoms. The molecule has 1 aromatic carbocycles. The average molecular weight is 204 g/mol. The zero-order valence-corrected chi connectivity index (χ0v) is 9.61. The highest BCUT2D eigenvalue weighted by Gasteiger charge is 2.01. The molecule has 0 aliphatic carbocycles. The fourth-order valence-corrected chi connectivity index (χ4v) is 1.42. The fraction of sp³-hybridized carbons (Fsp3) is 0.429. The first-order chi connectivity index (χ1) is 7.24. The first kappa shape index (κ1) is 12.0. The van der Waals surface area contributed by atoms with Crippen LogP contribution in [-0.4, -0.2) is 5.11 Å². The zero-order chi connectivity index (χ0) is 11.1. The quantitative estimate of drug-likeness (QED) is 0.571. The summed E-state index contributed by atoms with van der Waals surface area (Å²) in [6, 6.07) is 8.01. The number of unbranched alkanes of at least 4 members (excludes halogenated alkanes) is 2. The number of aryl methyl sites for hydroxylation is 1. The molecule has 1 heteroatoms. The summed E-state index contributed by atoms with van der Waals surface area (Å²) in [6.07, 6.45) is 6.93. The van der Waals surface area contributed by atoms with Gasteiger partial charge in [-0.1, -0.05) is 61.7 Å². The summed E-state index contributed by atoms with van der Waals surface area (Å²) >= 11 is 0. The molecule has 82 valence electrons. The van der Waals surface area contributed by atoms with Crippen LogP contribution in [0.3, 0.4) is 0 Å². The Bertz CT molecular complexity index is 298. The van der Waals surface area contributed by atoms with Gasteiger partial charge in [-0.05, 0) is 18.9 Å². The second-order valence-corrected chi connectivity index (χ2v) is 3.93. The van der Waals surface area contributed by atoms with E-state index in [2.05, 4.69) is 13.0 Å². The minimum Gasteiger partial charge on any atom is -0.384 e. The number of aliphatic hydroxyl groups excluding tert-OH is 1. The van der Waals surface area contributed by atoms with Gasteiger partial charge in [-0.3, -0.25) is 0 Å². The van der Waals surface area contributed by atoms with E-state index in [4.69, 9.17) is 0 Å². The number of aliphatic hydroxyl groups is 1. The Balaban J connectivity index is 2.49. The van der Waals surface area contributed by atoms with Gasteiger partial charge in [0.25, 0.3) is 0 Å². The third-order valence-corrected chi connectivity index (χ3v) is 2.46. The van der Waals surface area contributed by atoms with Gasteiger partial charge in [0.2, 0.25) is 0 Å². The van der Waals surface area contributed by atoms with Crippen molar-refractivity contribution < 1.29 is 5.11 Å². The van der Waals surface area contributed by atoms with Crippen molar-refractivity contribution in [1.29, 1.82) is 0 Å². The number of allylic oxidation sites excluding steroid dienone is 1. The van der Waals surface area contributed by atoms with E-state index in [1.165, 1.54) is 18.4 Å². The molecule has 0 saturated heterocycles. The Morgan fingerprint density at radius 2 is 1.93 bits per heavy atom. The van der Waals surface area contributed by atoms with Crippen molar-refractivity contribution in [2.24, 2.45) is 0 Å². The molecule has 0 saturated carbocycles. The van der Waals surface area contributed by atoms with Crippen LogP contribution in [0.15, 0.2) is 36.4 Å². The number of benzene rings is 1. The van der Waals surface area contributed by atoms with Crippen LogP contribution in [-0.2, 0) is 0 Å². The molecule has 0 aliphatic rings. The van der Waals surface area contributed by atoms with E-state index in [0.717, 1.165) is 12.0 Å². The van der Waals surface area contributed by atoms with Gasteiger partial charge >= 0.3 is 0 Å². The molecular formula is C14H20O. The summed E-state index contributed by atoms with van der Waals surface area (Å²) in [7, 11) is 0. The Kier molecular flexibility index (Phi) is 5.13. The van der Waals surface area contributed by atoms with E-state index in [1.807, 2.05) is 37.3 Å². The second-order valence-electron chi connectivity index (χ2n) is 3.93. The number of rotatable bonds is 5. The van der Waals surface area contributed by atoms with Gasteiger partial charge in [-0.15, -0.1) is 0 Å². The monoisotopic (exact) mass is 204 g/mol. The third-order valence-electron chi connectivity index (χ3n) is 2.46. The van der Waals surface area contributed by atoms with Crippen LogP contribution < -0.4 is 0 Å². The highest BCUT2D eigenvalue weighted by Crippen LogP contribution is 2.15. The maximum atomic E-state index is 9.82. The molecule has 1 nitrogen and oxygen atoms in total. The summed E-state index contributed by atoms with van der Waals surface area (Å²) in [5.41, 5.74) is 2.19. The lowest BCUT2D eigenvalue weighted by Crippen LogP contribution is -1.92. The highest BCUT2D eigenvalue weighted by molar-refractivity contribution is 5.25. The van der Waals surface area contributed by atoms with Crippen molar-refractivity contribution in [1.82, 2.24) is 0 Å². The van der Waals surface area contributed by atoms with E-state index in [0.29, 0.717) is 0 Å². The van der Waals surface area contributed by atoms with Gasteiger partial charge in [-0.25, -0.2) is 0 Å². The van der Waals surface area contributed by atoms with Gasteiger partial charge in [0, 0.05) is 0 Å². The summed E-state index contributed by atoms with van der Waals surface area (Å²) in [6.45, 7) is 4.22. The molecule has 0 amide bonds. The van der Waals surface area contributed by atoms with Gasteiger partial charge in [-0.2, -0.15) is 0 Å². The summed E-state index contributed by atoms with van der Waals surface area (Å²) in [5.74, 6) is 0. The predicted octanol–water partition coefficient (Wildman–Crippen LogP) is 3.77. The molecule has 1 rings (SSSR count). The smallest absolute Gasteiger partial charge is 0.0971 e. The van der Waals surface area contributed by atoms with E-state index in [9.17, 15) is 5.11 Å². The van der Waals surface area contributed by atoms with E-state index in [1.54, 1.807) is 0 Å². The summed E-state index contributed by atoms with van der Waals surface area (Å²) in [5, 5.41) is 9.82. The first-order valence-electron chi connectivity index (χ1n) is 5.65. The summed E-state index contributed by atoms with van der Waals surface area (Å²) < 4.78 is 0. The Morgan fingerprint density at radius 3 is 2.53 bits per heavy atom. The minimum absolute atomic E-state index is 0.456. The Hall–Kier alpha value is -1.08. The van der Waals surface area contributed by atoms with Crippen molar-refractivity contribution >= 4 is 0 Å². The van der Waals surface area contributed by atoms with Crippen LogP contribution in [0.25, 0.3) is 0 Å². The lowest BCUT2D eigenvalue weighted by molar-refractivity contribution is 0.228. The van der Waals surface area contributed by atoms with Gasteiger partial charge in [0.05, 0.1) is 6.10 Å². The van der Waals surface area contributed by atoms with Crippen molar-refractivity contribution in [3.63, 3.8) is 0 Å². The minimum atomic E-state index is -0.456.